The SMILES string of the molecule is COc1ccc2c(O)c(C=C3N=Nc4ccccc43)oc2c1C#CCN1CCN(C(=O)OC(C)(C)C)CC1. The predicted octanol–water partition coefficient (Wildman–Crippen LogP) is 5.65. The van der Waals surface area contributed by atoms with Gasteiger partial charge in [0.2, 0.25) is 0 Å². The number of hydrogen-bond donors (Lipinski definition) is 1. The smallest absolute Gasteiger partial charge is 0.410 e. The predicted molar refractivity (Wildman–Crippen MR) is 144 cm³/mol. The van der Waals surface area contributed by atoms with Crippen molar-refractivity contribution in [1.82, 2.24) is 9.80 Å². The van der Waals surface area contributed by atoms with Gasteiger partial charge in [0.05, 0.1) is 30.4 Å². The standard InChI is InChI=1S/C29H30N4O5/c1-29(2,3)38-28(35)33-16-14-32(15-17-33)13-7-9-20-24(36-4)12-11-21-26(34)25(37-27(20)21)18-23-19-8-5-6-10-22(19)30-31-23/h5-6,8,10-12,18,34H,13-17H2,1-4H3. The number of carbonyl (C=O) groups excluding carboxylic acids is 1. The van der Waals surface area contributed by atoms with Crippen LogP contribution in [0.2, 0.25) is 0 Å². The molecule has 2 aliphatic heterocycles. The number of benzene rings is 2. The molecule has 9 heteroatoms. The van der Waals surface area contributed by atoms with Gasteiger partial charge in [0.15, 0.2) is 17.1 Å². The van der Waals surface area contributed by atoms with Gasteiger partial charge in [0.1, 0.15) is 16.9 Å². The summed E-state index contributed by atoms with van der Waals surface area (Å²) in [5.41, 5.74) is 2.75. The Balaban J connectivity index is 1.34. The molecular weight excluding hydrogens is 484 g/mol. The Kier molecular flexibility index (Phi) is 6.83. The highest BCUT2D eigenvalue weighted by Crippen LogP contribution is 2.41. The van der Waals surface area contributed by atoms with Crippen molar-refractivity contribution in [2.45, 2.75) is 26.4 Å². The van der Waals surface area contributed by atoms with Crippen molar-refractivity contribution < 1.29 is 23.8 Å². The molecule has 3 heterocycles. The topological polar surface area (TPSA) is 100 Å². The summed E-state index contributed by atoms with van der Waals surface area (Å²) < 4.78 is 17.1. The number of methoxy groups -OCH3 is 1. The highest BCUT2D eigenvalue weighted by atomic mass is 16.6. The maximum absolute atomic E-state index is 12.3. The van der Waals surface area contributed by atoms with Crippen molar-refractivity contribution in [3.8, 4) is 23.3 Å². The Bertz CT molecular complexity index is 1490. The first-order valence-electron chi connectivity index (χ1n) is 12.5. The number of hydrogen-bond acceptors (Lipinski definition) is 8. The van der Waals surface area contributed by atoms with Gasteiger partial charge in [-0.15, -0.1) is 10.2 Å². The fourth-order valence-corrected chi connectivity index (χ4v) is 4.36. The number of amides is 1. The Morgan fingerprint density at radius 2 is 1.89 bits per heavy atom. The summed E-state index contributed by atoms with van der Waals surface area (Å²) in [4.78, 5) is 16.2. The fraction of sp³-hybridized carbons (Fsp3) is 0.345. The zero-order valence-electron chi connectivity index (χ0n) is 21.9. The second kappa shape index (κ2) is 10.2. The van der Waals surface area contributed by atoms with Crippen LogP contribution in [-0.2, 0) is 4.74 Å². The third-order valence-corrected chi connectivity index (χ3v) is 6.29. The van der Waals surface area contributed by atoms with E-state index in [1.165, 1.54) is 0 Å². The summed E-state index contributed by atoms with van der Waals surface area (Å²) in [6.45, 7) is 8.67. The first-order chi connectivity index (χ1) is 18.2. The lowest BCUT2D eigenvalue weighted by Gasteiger charge is -2.34. The Morgan fingerprint density at radius 3 is 2.63 bits per heavy atom. The van der Waals surface area contributed by atoms with Gasteiger partial charge in [0.25, 0.3) is 0 Å². The van der Waals surface area contributed by atoms with Crippen LogP contribution in [0.15, 0.2) is 51.0 Å². The van der Waals surface area contributed by atoms with Crippen molar-refractivity contribution in [2.75, 3.05) is 39.8 Å². The van der Waals surface area contributed by atoms with Crippen LogP contribution >= 0.6 is 0 Å². The molecule has 9 nitrogen and oxygen atoms in total. The van der Waals surface area contributed by atoms with E-state index >= 15 is 0 Å². The number of carbonyl (C=O) groups is 1. The highest BCUT2D eigenvalue weighted by Gasteiger charge is 2.25. The number of ether oxygens (including phenoxy) is 2. The molecule has 1 amide bonds. The molecule has 0 radical (unpaired) electrons. The maximum atomic E-state index is 12.3. The molecular formula is C29H30N4O5. The second-order valence-corrected chi connectivity index (χ2v) is 10.1. The molecule has 0 aliphatic carbocycles. The molecule has 2 aliphatic rings. The van der Waals surface area contributed by atoms with E-state index in [1.807, 2.05) is 45.0 Å². The molecule has 1 aromatic heterocycles. The zero-order valence-corrected chi connectivity index (χ0v) is 21.9. The van der Waals surface area contributed by atoms with Crippen molar-refractivity contribution in [3.63, 3.8) is 0 Å². The lowest BCUT2D eigenvalue weighted by atomic mass is 10.1. The molecule has 0 spiro atoms. The van der Waals surface area contributed by atoms with E-state index in [1.54, 1.807) is 30.2 Å². The van der Waals surface area contributed by atoms with Crippen molar-refractivity contribution >= 4 is 34.5 Å². The van der Waals surface area contributed by atoms with Gasteiger partial charge >= 0.3 is 6.09 Å². The number of aromatic hydroxyl groups is 1. The van der Waals surface area contributed by atoms with E-state index in [-0.39, 0.29) is 17.6 Å². The van der Waals surface area contributed by atoms with E-state index < -0.39 is 5.60 Å². The van der Waals surface area contributed by atoms with Crippen LogP contribution in [0.25, 0.3) is 22.7 Å². The van der Waals surface area contributed by atoms with Crippen LogP contribution in [0.1, 0.15) is 37.7 Å². The monoisotopic (exact) mass is 514 g/mol. The summed E-state index contributed by atoms with van der Waals surface area (Å²) in [6.07, 6.45) is 1.39. The number of fused-ring (bicyclic) bond motifs is 2. The summed E-state index contributed by atoms with van der Waals surface area (Å²) in [5.74, 6) is 7.23. The number of azo groups is 1. The molecule has 196 valence electrons. The molecule has 0 bridgehead atoms. The quantitative estimate of drug-likeness (QED) is 0.454. The highest BCUT2D eigenvalue weighted by molar-refractivity contribution is 5.96. The van der Waals surface area contributed by atoms with Gasteiger partial charge in [-0.3, -0.25) is 4.90 Å². The molecule has 38 heavy (non-hydrogen) atoms. The third kappa shape index (κ3) is 5.22. The number of nitrogens with zero attached hydrogens (tertiary/aromatic N) is 4. The van der Waals surface area contributed by atoms with Crippen LogP contribution in [-0.4, -0.2) is 66.4 Å². The van der Waals surface area contributed by atoms with Crippen LogP contribution in [0.3, 0.4) is 0 Å². The van der Waals surface area contributed by atoms with Crippen LogP contribution in [0, 0.1) is 11.8 Å². The zero-order chi connectivity index (χ0) is 26.9. The van der Waals surface area contributed by atoms with Gasteiger partial charge in [-0.25, -0.2) is 4.79 Å². The third-order valence-electron chi connectivity index (χ3n) is 6.29. The molecule has 3 aromatic rings. The molecule has 2 aromatic carbocycles. The van der Waals surface area contributed by atoms with E-state index in [9.17, 15) is 9.90 Å². The van der Waals surface area contributed by atoms with E-state index in [2.05, 4.69) is 27.0 Å². The van der Waals surface area contributed by atoms with Gasteiger partial charge in [-0.1, -0.05) is 30.0 Å². The lowest BCUT2D eigenvalue weighted by Crippen LogP contribution is -2.50. The van der Waals surface area contributed by atoms with Crippen molar-refractivity contribution in [2.24, 2.45) is 10.2 Å². The number of furan rings is 1. The minimum atomic E-state index is -0.512. The summed E-state index contributed by atoms with van der Waals surface area (Å²) >= 11 is 0. The van der Waals surface area contributed by atoms with Gasteiger partial charge < -0.3 is 23.9 Å². The number of piperazine rings is 1. The normalized spacial score (nSPS) is 16.4. The molecule has 0 unspecified atom stereocenters. The Hall–Kier alpha value is -4.29. The average Bonchev–Trinajstić information content (AvgIpc) is 3.44. The first-order valence-corrected chi connectivity index (χ1v) is 12.5. The minimum Gasteiger partial charge on any atom is -0.504 e. The van der Waals surface area contributed by atoms with E-state index in [0.717, 1.165) is 11.3 Å². The molecule has 1 saturated heterocycles. The summed E-state index contributed by atoms with van der Waals surface area (Å²) in [6, 6.07) is 11.1. The first kappa shape index (κ1) is 25.4. The summed E-state index contributed by atoms with van der Waals surface area (Å²) in [7, 11) is 1.57. The maximum Gasteiger partial charge on any atom is 0.410 e. The largest absolute Gasteiger partial charge is 0.504 e. The summed E-state index contributed by atoms with van der Waals surface area (Å²) in [5, 5.41) is 19.8. The van der Waals surface area contributed by atoms with Gasteiger partial charge in [-0.2, -0.15) is 0 Å². The number of rotatable bonds is 3. The van der Waals surface area contributed by atoms with Gasteiger partial charge in [-0.05, 0) is 39.0 Å². The molecule has 1 fully saturated rings. The van der Waals surface area contributed by atoms with Crippen LogP contribution in [0.4, 0.5) is 10.5 Å². The second-order valence-electron chi connectivity index (χ2n) is 10.1. The van der Waals surface area contributed by atoms with Crippen LogP contribution in [0.5, 0.6) is 11.5 Å². The van der Waals surface area contributed by atoms with Crippen molar-refractivity contribution in [3.05, 3.63) is 53.3 Å². The lowest BCUT2D eigenvalue weighted by molar-refractivity contribution is 0.0155. The Morgan fingerprint density at radius 1 is 1.13 bits per heavy atom. The Labute approximate surface area is 221 Å². The fourth-order valence-electron chi connectivity index (χ4n) is 4.36. The van der Waals surface area contributed by atoms with Crippen molar-refractivity contribution in [1.29, 1.82) is 0 Å². The molecule has 5 rings (SSSR count). The van der Waals surface area contributed by atoms with Crippen LogP contribution < -0.4 is 4.74 Å². The van der Waals surface area contributed by atoms with E-state index in [0.29, 0.717) is 60.7 Å². The van der Waals surface area contributed by atoms with Gasteiger partial charge in [0, 0.05) is 37.8 Å². The molecule has 1 N–H and O–H groups in total. The van der Waals surface area contributed by atoms with E-state index in [4.69, 9.17) is 13.9 Å². The minimum absolute atomic E-state index is 0.0102. The molecule has 0 saturated carbocycles. The molecule has 0 atom stereocenters. The average molecular weight is 515 g/mol.